The molecule has 1 heterocycles. The van der Waals surface area contributed by atoms with Crippen molar-refractivity contribution >= 4 is 5.97 Å². The topological polar surface area (TPSA) is 80.9 Å². The van der Waals surface area contributed by atoms with E-state index in [0.717, 1.165) is 5.56 Å². The van der Waals surface area contributed by atoms with Crippen molar-refractivity contribution in [3.05, 3.63) is 41.5 Å². The van der Waals surface area contributed by atoms with E-state index in [1.165, 1.54) is 16.8 Å². The Kier molecular flexibility index (Phi) is 4.07. The molecular formula is C13H15FN4O2. The highest BCUT2D eigenvalue weighted by molar-refractivity contribution is 5.70. The maximum absolute atomic E-state index is 12.9. The number of benzene rings is 1. The third-order valence-corrected chi connectivity index (χ3v) is 3.34. The number of rotatable bonds is 5. The summed E-state index contributed by atoms with van der Waals surface area (Å²) in [4.78, 5) is 11.0. The Morgan fingerprint density at radius 3 is 2.60 bits per heavy atom. The molecule has 2 aromatic rings. The molecule has 2 unspecified atom stereocenters. The van der Waals surface area contributed by atoms with Crippen molar-refractivity contribution in [2.75, 3.05) is 0 Å². The minimum Gasteiger partial charge on any atom is -0.481 e. The number of carboxylic acid groups (broad SMARTS) is 1. The molecule has 0 bridgehead atoms. The quantitative estimate of drug-likeness (QED) is 0.900. The van der Waals surface area contributed by atoms with Gasteiger partial charge in [0.1, 0.15) is 5.82 Å². The Bertz CT molecular complexity index is 597. The highest BCUT2D eigenvalue weighted by atomic mass is 19.1. The van der Waals surface area contributed by atoms with Gasteiger partial charge >= 0.3 is 5.97 Å². The molecule has 0 radical (unpaired) electrons. The number of halogens is 1. The zero-order valence-corrected chi connectivity index (χ0v) is 11.2. The number of tetrazole rings is 1. The van der Waals surface area contributed by atoms with E-state index in [2.05, 4.69) is 15.5 Å². The molecule has 0 saturated heterocycles. The van der Waals surface area contributed by atoms with Crippen molar-refractivity contribution in [2.45, 2.75) is 26.3 Å². The van der Waals surface area contributed by atoms with Crippen molar-refractivity contribution in [3.63, 3.8) is 0 Å². The summed E-state index contributed by atoms with van der Waals surface area (Å²) < 4.78 is 14.4. The third-order valence-electron chi connectivity index (χ3n) is 3.34. The van der Waals surface area contributed by atoms with Crippen molar-refractivity contribution in [1.82, 2.24) is 20.2 Å². The fraction of sp³-hybridized carbons (Fsp3) is 0.385. The van der Waals surface area contributed by atoms with Gasteiger partial charge in [-0.1, -0.05) is 12.1 Å². The van der Waals surface area contributed by atoms with Crippen molar-refractivity contribution in [3.8, 4) is 0 Å². The lowest BCUT2D eigenvalue weighted by Crippen LogP contribution is -2.24. The molecule has 7 heteroatoms. The van der Waals surface area contributed by atoms with Gasteiger partial charge in [-0.2, -0.15) is 0 Å². The fourth-order valence-corrected chi connectivity index (χ4v) is 1.85. The lowest BCUT2D eigenvalue weighted by Gasteiger charge is -2.17. The van der Waals surface area contributed by atoms with Crippen LogP contribution >= 0.6 is 0 Å². The van der Waals surface area contributed by atoms with Crippen LogP contribution in [0.25, 0.3) is 0 Å². The number of nitrogens with zero attached hydrogens (tertiary/aromatic N) is 4. The highest BCUT2D eigenvalue weighted by Crippen LogP contribution is 2.19. The van der Waals surface area contributed by atoms with Gasteiger partial charge in [0.05, 0.1) is 12.0 Å². The maximum Gasteiger partial charge on any atom is 0.308 e. The van der Waals surface area contributed by atoms with Crippen LogP contribution in [0.1, 0.15) is 31.3 Å². The SMILES string of the molecule is CC(C(=O)O)C(C)n1nnnc1Cc1ccc(F)cc1. The standard InChI is InChI=1S/C13H15FN4O2/c1-8(13(19)20)9(2)18-12(15-16-17-18)7-10-3-5-11(14)6-4-10/h3-6,8-9H,7H2,1-2H3,(H,19,20). The molecule has 0 spiro atoms. The Balaban J connectivity index is 2.20. The molecule has 0 aliphatic carbocycles. The normalized spacial score (nSPS) is 13.9. The highest BCUT2D eigenvalue weighted by Gasteiger charge is 2.24. The van der Waals surface area contributed by atoms with Gasteiger partial charge in [0.15, 0.2) is 5.82 Å². The van der Waals surface area contributed by atoms with E-state index in [0.29, 0.717) is 12.2 Å². The largest absolute Gasteiger partial charge is 0.481 e. The predicted octanol–water partition coefficient (Wildman–Crippen LogP) is 1.68. The van der Waals surface area contributed by atoms with E-state index in [4.69, 9.17) is 5.11 Å². The molecule has 20 heavy (non-hydrogen) atoms. The maximum atomic E-state index is 12.9. The summed E-state index contributed by atoms with van der Waals surface area (Å²) in [5, 5.41) is 20.4. The molecule has 0 amide bonds. The lowest BCUT2D eigenvalue weighted by molar-refractivity contribution is -0.142. The molecule has 0 fully saturated rings. The van der Waals surface area contributed by atoms with Crippen molar-refractivity contribution < 1.29 is 14.3 Å². The molecule has 6 nitrogen and oxygen atoms in total. The summed E-state index contributed by atoms with van der Waals surface area (Å²) in [6.07, 6.45) is 0.421. The van der Waals surface area contributed by atoms with E-state index < -0.39 is 11.9 Å². The fourth-order valence-electron chi connectivity index (χ4n) is 1.85. The van der Waals surface area contributed by atoms with E-state index in [1.807, 2.05) is 0 Å². The van der Waals surface area contributed by atoms with Crippen LogP contribution in [-0.2, 0) is 11.2 Å². The molecule has 0 aliphatic rings. The van der Waals surface area contributed by atoms with Gasteiger partial charge in [0.25, 0.3) is 0 Å². The first-order valence-corrected chi connectivity index (χ1v) is 6.23. The Hall–Kier alpha value is -2.31. The Morgan fingerprint density at radius 1 is 1.35 bits per heavy atom. The van der Waals surface area contributed by atoms with Gasteiger partial charge in [-0.3, -0.25) is 4.79 Å². The summed E-state index contributed by atoms with van der Waals surface area (Å²) in [5.74, 6) is -1.26. The number of carbonyl (C=O) groups is 1. The molecule has 1 aromatic heterocycles. The zero-order chi connectivity index (χ0) is 14.7. The first kappa shape index (κ1) is 14.1. The minimum atomic E-state index is -0.902. The van der Waals surface area contributed by atoms with Crippen LogP contribution < -0.4 is 0 Å². The molecule has 1 N–H and O–H groups in total. The van der Waals surface area contributed by atoms with Gasteiger partial charge < -0.3 is 5.11 Å². The van der Waals surface area contributed by atoms with Gasteiger partial charge in [-0.05, 0) is 42.0 Å². The third kappa shape index (κ3) is 2.98. The summed E-state index contributed by atoms with van der Waals surface area (Å²) in [5.41, 5.74) is 0.859. The summed E-state index contributed by atoms with van der Waals surface area (Å²) >= 11 is 0. The van der Waals surface area contributed by atoms with Gasteiger partial charge in [0, 0.05) is 6.42 Å². The number of aromatic nitrogens is 4. The number of carboxylic acids is 1. The molecule has 1 aromatic carbocycles. The van der Waals surface area contributed by atoms with Crippen LogP contribution in [0.4, 0.5) is 4.39 Å². The monoisotopic (exact) mass is 278 g/mol. The second-order valence-electron chi connectivity index (χ2n) is 4.71. The van der Waals surface area contributed by atoms with Gasteiger partial charge in [-0.25, -0.2) is 9.07 Å². The van der Waals surface area contributed by atoms with Crippen LogP contribution in [0.2, 0.25) is 0 Å². The Morgan fingerprint density at radius 2 is 2.00 bits per heavy atom. The van der Waals surface area contributed by atoms with E-state index >= 15 is 0 Å². The van der Waals surface area contributed by atoms with Crippen LogP contribution in [0.5, 0.6) is 0 Å². The summed E-state index contributed by atoms with van der Waals surface area (Å²) in [6.45, 7) is 3.36. The smallest absolute Gasteiger partial charge is 0.308 e. The second kappa shape index (κ2) is 5.77. The summed E-state index contributed by atoms with van der Waals surface area (Å²) in [7, 11) is 0. The van der Waals surface area contributed by atoms with Crippen molar-refractivity contribution in [1.29, 1.82) is 0 Å². The van der Waals surface area contributed by atoms with Gasteiger partial charge in [-0.15, -0.1) is 5.10 Å². The minimum absolute atomic E-state index is 0.304. The number of aliphatic carboxylic acids is 1. The first-order valence-electron chi connectivity index (χ1n) is 6.23. The van der Waals surface area contributed by atoms with Crippen LogP contribution in [0, 0.1) is 11.7 Å². The molecule has 0 aliphatic heterocycles. The zero-order valence-electron chi connectivity index (χ0n) is 11.2. The molecule has 0 saturated carbocycles. The van der Waals surface area contributed by atoms with Crippen LogP contribution in [0.3, 0.4) is 0 Å². The van der Waals surface area contributed by atoms with Gasteiger partial charge in [0.2, 0.25) is 0 Å². The molecule has 2 atom stereocenters. The van der Waals surface area contributed by atoms with E-state index in [9.17, 15) is 9.18 Å². The summed E-state index contributed by atoms with van der Waals surface area (Å²) in [6, 6.07) is 5.68. The number of hydrogen-bond donors (Lipinski definition) is 1. The molecule has 2 rings (SSSR count). The predicted molar refractivity (Wildman–Crippen MR) is 68.5 cm³/mol. The second-order valence-corrected chi connectivity index (χ2v) is 4.71. The molecule has 106 valence electrons. The van der Waals surface area contributed by atoms with Crippen LogP contribution in [0.15, 0.2) is 24.3 Å². The van der Waals surface area contributed by atoms with Crippen molar-refractivity contribution in [2.24, 2.45) is 5.92 Å². The van der Waals surface area contributed by atoms with E-state index in [-0.39, 0.29) is 11.9 Å². The average molecular weight is 278 g/mol. The lowest BCUT2D eigenvalue weighted by atomic mass is 10.0. The number of hydrogen-bond acceptors (Lipinski definition) is 4. The van der Waals surface area contributed by atoms with E-state index in [1.54, 1.807) is 26.0 Å². The Labute approximate surface area is 115 Å². The van der Waals surface area contributed by atoms with Crippen LogP contribution in [-0.4, -0.2) is 31.3 Å². The first-order chi connectivity index (χ1) is 9.49. The molecular weight excluding hydrogens is 263 g/mol. The average Bonchev–Trinajstić information content (AvgIpc) is 2.87.